The second-order valence-electron chi connectivity index (χ2n) is 9.26. The van der Waals surface area contributed by atoms with E-state index in [4.69, 9.17) is 27.9 Å². The maximum atomic E-state index is 13.2. The smallest absolute Gasteiger partial charge is 0.258 e. The normalized spacial score (nSPS) is 15.6. The second-order valence-corrected chi connectivity index (χ2v) is 10.1. The van der Waals surface area contributed by atoms with Crippen molar-refractivity contribution in [2.45, 2.75) is 64.3 Å². The van der Waals surface area contributed by atoms with E-state index in [-0.39, 0.29) is 28.8 Å². The molecular formula is C27H34Cl2N2O3. The fourth-order valence-electron chi connectivity index (χ4n) is 4.77. The average Bonchev–Trinajstić information content (AvgIpc) is 3.28. The third-order valence-corrected chi connectivity index (χ3v) is 7.25. The van der Waals surface area contributed by atoms with Gasteiger partial charge in [-0.15, -0.1) is 0 Å². The zero-order valence-corrected chi connectivity index (χ0v) is 21.5. The van der Waals surface area contributed by atoms with Crippen molar-refractivity contribution in [3.05, 3.63) is 63.6 Å². The molecule has 2 amide bonds. The summed E-state index contributed by atoms with van der Waals surface area (Å²) in [6.07, 6.45) is 7.85. The molecule has 184 valence electrons. The summed E-state index contributed by atoms with van der Waals surface area (Å²) >= 11 is 12.3. The summed E-state index contributed by atoms with van der Waals surface area (Å²) in [7, 11) is 1.72. The number of ether oxygens (including phenoxy) is 1. The predicted molar refractivity (Wildman–Crippen MR) is 139 cm³/mol. The van der Waals surface area contributed by atoms with Crippen molar-refractivity contribution in [2.75, 3.05) is 19.0 Å². The lowest BCUT2D eigenvalue weighted by atomic mass is 9.80. The highest BCUT2D eigenvalue weighted by Crippen LogP contribution is 2.42. The molecule has 0 spiro atoms. The van der Waals surface area contributed by atoms with Crippen LogP contribution in [0.2, 0.25) is 10.0 Å². The maximum Gasteiger partial charge on any atom is 0.258 e. The van der Waals surface area contributed by atoms with Gasteiger partial charge in [0, 0.05) is 30.9 Å². The first-order chi connectivity index (χ1) is 16.3. The van der Waals surface area contributed by atoms with E-state index in [2.05, 4.69) is 10.6 Å². The molecule has 2 N–H and O–H groups in total. The molecule has 1 unspecified atom stereocenters. The van der Waals surface area contributed by atoms with E-state index < -0.39 is 0 Å². The summed E-state index contributed by atoms with van der Waals surface area (Å²) in [5.74, 6) is -0.160. The van der Waals surface area contributed by atoms with Crippen molar-refractivity contribution in [2.24, 2.45) is 5.41 Å². The molecule has 1 saturated carbocycles. The summed E-state index contributed by atoms with van der Waals surface area (Å²) < 4.78 is 5.16. The Labute approximate surface area is 212 Å². The number of carbonyl (C=O) groups excluding carboxylic acids is 2. The van der Waals surface area contributed by atoms with Crippen LogP contribution in [-0.2, 0) is 16.0 Å². The second kappa shape index (κ2) is 12.6. The first kappa shape index (κ1) is 26.5. The van der Waals surface area contributed by atoms with E-state index >= 15 is 0 Å². The fourth-order valence-corrected chi connectivity index (χ4v) is 5.34. The number of hydrogen-bond donors (Lipinski definition) is 2. The van der Waals surface area contributed by atoms with Gasteiger partial charge in [0.1, 0.15) is 0 Å². The quantitative estimate of drug-likeness (QED) is 0.335. The van der Waals surface area contributed by atoms with Crippen LogP contribution in [0.3, 0.4) is 0 Å². The van der Waals surface area contributed by atoms with E-state index in [1.807, 2.05) is 31.2 Å². The zero-order chi connectivity index (χ0) is 24.6. The molecule has 2 aromatic rings. The van der Waals surface area contributed by atoms with Crippen molar-refractivity contribution in [1.29, 1.82) is 0 Å². The van der Waals surface area contributed by atoms with Crippen LogP contribution in [0.25, 0.3) is 0 Å². The minimum Gasteiger partial charge on any atom is -0.385 e. The van der Waals surface area contributed by atoms with Crippen molar-refractivity contribution >= 4 is 40.7 Å². The number of halogens is 2. The molecule has 7 heteroatoms. The first-order valence-electron chi connectivity index (χ1n) is 12.0. The Kier molecular flexibility index (Phi) is 9.81. The van der Waals surface area contributed by atoms with Gasteiger partial charge in [0.15, 0.2) is 0 Å². The molecule has 1 atom stereocenters. The number of carbonyl (C=O) groups is 2. The number of nitrogens with one attached hydrogen (secondary N) is 2. The number of amides is 2. The highest BCUT2D eigenvalue weighted by atomic mass is 35.5. The van der Waals surface area contributed by atoms with Crippen molar-refractivity contribution in [1.82, 2.24) is 5.32 Å². The minimum atomic E-state index is -0.351. The molecule has 0 saturated heterocycles. The Balaban J connectivity index is 1.54. The summed E-state index contributed by atoms with van der Waals surface area (Å²) in [5.41, 5.74) is 1.77. The lowest BCUT2D eigenvalue weighted by Crippen LogP contribution is -2.44. The molecule has 0 aromatic heterocycles. The fraction of sp³-hybridized carbons (Fsp3) is 0.481. The van der Waals surface area contributed by atoms with Gasteiger partial charge in [0.05, 0.1) is 15.6 Å². The third kappa shape index (κ3) is 6.97. The highest BCUT2D eigenvalue weighted by molar-refractivity contribution is 6.40. The largest absolute Gasteiger partial charge is 0.385 e. The van der Waals surface area contributed by atoms with Crippen LogP contribution in [0.15, 0.2) is 42.5 Å². The Morgan fingerprint density at radius 2 is 1.68 bits per heavy atom. The van der Waals surface area contributed by atoms with E-state index in [0.29, 0.717) is 15.7 Å². The number of methoxy groups -OCH3 is 1. The standard InChI is InChI=1S/C27H34Cl2N2O3/c1-19(30-26(33)27(14-3-4-15-27)16-5-6-17-34-2)18-20-10-12-21(13-11-20)31-25(32)24-22(28)8-7-9-23(24)29/h7-13,19H,3-6,14-18H2,1-2H3,(H,30,33)(H,31,32). The van der Waals surface area contributed by atoms with Crippen molar-refractivity contribution < 1.29 is 14.3 Å². The number of benzene rings is 2. The lowest BCUT2D eigenvalue weighted by Gasteiger charge is -2.29. The Bertz CT molecular complexity index is 952. The SMILES string of the molecule is COCCCCC1(C(=O)NC(C)Cc2ccc(NC(=O)c3c(Cl)cccc3Cl)cc2)CCCC1. The molecule has 3 rings (SSSR count). The predicted octanol–water partition coefficient (Wildman–Crippen LogP) is 6.67. The number of anilines is 1. The first-order valence-corrected chi connectivity index (χ1v) is 12.7. The molecule has 0 heterocycles. The molecule has 5 nitrogen and oxygen atoms in total. The van der Waals surface area contributed by atoms with Crippen LogP contribution in [0, 0.1) is 5.41 Å². The van der Waals surface area contributed by atoms with Crippen molar-refractivity contribution in [3.63, 3.8) is 0 Å². The van der Waals surface area contributed by atoms with Crippen LogP contribution in [-0.4, -0.2) is 31.6 Å². The van der Waals surface area contributed by atoms with Gasteiger partial charge in [-0.3, -0.25) is 9.59 Å². The van der Waals surface area contributed by atoms with Crippen LogP contribution in [0.4, 0.5) is 5.69 Å². The minimum absolute atomic E-state index is 0.0197. The van der Waals surface area contributed by atoms with Gasteiger partial charge >= 0.3 is 0 Å². The van der Waals surface area contributed by atoms with Gasteiger partial charge < -0.3 is 15.4 Å². The summed E-state index contributed by atoms with van der Waals surface area (Å²) in [6.45, 7) is 2.79. The molecule has 34 heavy (non-hydrogen) atoms. The monoisotopic (exact) mass is 504 g/mol. The number of rotatable bonds is 11. The molecular weight excluding hydrogens is 471 g/mol. The summed E-state index contributed by atoms with van der Waals surface area (Å²) in [6, 6.07) is 12.6. The molecule has 0 bridgehead atoms. The summed E-state index contributed by atoms with van der Waals surface area (Å²) in [5, 5.41) is 6.72. The van der Waals surface area contributed by atoms with E-state index in [0.717, 1.165) is 63.5 Å². The molecule has 1 aliphatic carbocycles. The Morgan fingerprint density at radius 3 is 2.29 bits per heavy atom. The van der Waals surface area contributed by atoms with Crippen LogP contribution in [0.5, 0.6) is 0 Å². The molecule has 0 radical (unpaired) electrons. The van der Waals surface area contributed by atoms with Gasteiger partial charge in [0.2, 0.25) is 5.91 Å². The average molecular weight is 505 g/mol. The summed E-state index contributed by atoms with van der Waals surface area (Å²) in [4.78, 5) is 25.8. The number of hydrogen-bond acceptors (Lipinski definition) is 3. The zero-order valence-electron chi connectivity index (χ0n) is 20.0. The van der Waals surface area contributed by atoms with Gasteiger partial charge in [-0.1, -0.05) is 60.7 Å². The van der Waals surface area contributed by atoms with Crippen LogP contribution >= 0.6 is 23.2 Å². The lowest BCUT2D eigenvalue weighted by molar-refractivity contribution is -0.132. The molecule has 2 aromatic carbocycles. The molecule has 1 fully saturated rings. The number of unbranched alkanes of at least 4 members (excludes halogenated alkanes) is 1. The molecule has 1 aliphatic rings. The van der Waals surface area contributed by atoms with Gasteiger partial charge in [0.25, 0.3) is 5.91 Å². The molecule has 0 aliphatic heterocycles. The third-order valence-electron chi connectivity index (χ3n) is 6.62. The van der Waals surface area contributed by atoms with E-state index in [1.54, 1.807) is 25.3 Å². The van der Waals surface area contributed by atoms with Crippen LogP contribution < -0.4 is 10.6 Å². The Morgan fingerprint density at radius 1 is 1.03 bits per heavy atom. The highest BCUT2D eigenvalue weighted by Gasteiger charge is 2.40. The van der Waals surface area contributed by atoms with Gasteiger partial charge in [-0.05, 0) is 68.9 Å². The van der Waals surface area contributed by atoms with Gasteiger partial charge in [-0.25, -0.2) is 0 Å². The topological polar surface area (TPSA) is 67.4 Å². The van der Waals surface area contributed by atoms with Crippen LogP contribution in [0.1, 0.15) is 67.8 Å². The van der Waals surface area contributed by atoms with Crippen molar-refractivity contribution in [3.8, 4) is 0 Å². The van der Waals surface area contributed by atoms with E-state index in [1.165, 1.54) is 0 Å². The maximum absolute atomic E-state index is 13.2. The van der Waals surface area contributed by atoms with Gasteiger partial charge in [-0.2, -0.15) is 0 Å². The Hall–Kier alpha value is -2.08. The van der Waals surface area contributed by atoms with E-state index in [9.17, 15) is 9.59 Å².